The molecule has 0 saturated heterocycles. The van der Waals surface area contributed by atoms with Crippen LogP contribution in [0.2, 0.25) is 0 Å². The number of carbonyl (C=O) groups excluding carboxylic acids is 3. The fourth-order valence-corrected chi connectivity index (χ4v) is 8.15. The number of aromatic nitrogens is 1. The van der Waals surface area contributed by atoms with E-state index in [1.807, 2.05) is 13.8 Å². The van der Waals surface area contributed by atoms with Gasteiger partial charge in [-0.3, -0.25) is 14.6 Å². The van der Waals surface area contributed by atoms with Crippen LogP contribution in [0.4, 0.5) is 4.79 Å². The number of fused-ring (bicyclic) bond motifs is 4. The van der Waals surface area contributed by atoms with E-state index in [0.717, 1.165) is 0 Å². The van der Waals surface area contributed by atoms with Crippen LogP contribution in [0.5, 0.6) is 5.75 Å². The van der Waals surface area contributed by atoms with E-state index in [9.17, 15) is 24.3 Å². The Labute approximate surface area is 255 Å². The molecule has 2 aromatic heterocycles. The summed E-state index contributed by atoms with van der Waals surface area (Å²) in [5.74, 6) is -1.80. The molecule has 2 fully saturated rings. The van der Waals surface area contributed by atoms with Crippen LogP contribution in [0.15, 0.2) is 39.8 Å². The zero-order valence-corrected chi connectivity index (χ0v) is 25.9. The molecule has 3 aliphatic rings. The molecule has 2 aromatic rings. The highest BCUT2D eigenvalue weighted by Crippen LogP contribution is 2.67. The van der Waals surface area contributed by atoms with E-state index < -0.39 is 70.2 Å². The molecule has 2 N–H and O–H groups in total. The van der Waals surface area contributed by atoms with Gasteiger partial charge in [-0.15, -0.1) is 0 Å². The van der Waals surface area contributed by atoms with Crippen LogP contribution in [0, 0.1) is 22.7 Å². The fraction of sp³-hybridized carbons (Fsp3) is 0.594. The van der Waals surface area contributed by atoms with Crippen molar-refractivity contribution in [1.82, 2.24) is 10.3 Å². The first-order chi connectivity index (χ1) is 20.7. The second-order valence-corrected chi connectivity index (χ2v) is 12.8. The third-order valence-corrected chi connectivity index (χ3v) is 9.99. The Balaban J connectivity index is 1.67. The maximum Gasteiger partial charge on any atom is 0.407 e. The van der Waals surface area contributed by atoms with Gasteiger partial charge in [0.25, 0.3) is 0 Å². The van der Waals surface area contributed by atoms with Crippen LogP contribution in [-0.4, -0.2) is 59.1 Å². The summed E-state index contributed by atoms with van der Waals surface area (Å²) in [5, 5.41) is 14.8. The van der Waals surface area contributed by atoms with Gasteiger partial charge >= 0.3 is 23.7 Å². The third-order valence-electron chi connectivity index (χ3n) is 9.99. The summed E-state index contributed by atoms with van der Waals surface area (Å²) in [5.41, 5.74) is -3.20. The summed E-state index contributed by atoms with van der Waals surface area (Å²) in [7, 11) is 0. The average Bonchev–Trinajstić information content (AvgIpc) is 2.95. The second kappa shape index (κ2) is 11.5. The number of hydrogen-bond acceptors (Lipinski definition) is 11. The zero-order valence-electron chi connectivity index (χ0n) is 25.9. The van der Waals surface area contributed by atoms with Crippen molar-refractivity contribution in [2.45, 2.75) is 84.7 Å². The largest absolute Gasteiger partial charge is 0.482 e. The van der Waals surface area contributed by atoms with Gasteiger partial charge in [0.2, 0.25) is 0 Å². The molecule has 2 unspecified atom stereocenters. The van der Waals surface area contributed by atoms with Crippen LogP contribution in [0.3, 0.4) is 0 Å². The molecular formula is C32H40N2O10. The highest BCUT2D eigenvalue weighted by molar-refractivity contribution is 5.68. The molecule has 3 heterocycles. The Kier molecular flexibility index (Phi) is 8.25. The standard InChI is InChI=1S/C32H40N2O10/c1-7-34-29(39)43-24-14-22-30(4,11-10-23(41-18(3)36)31(22,5)16-40-17(2)35)27-26(37)25-21(44-32(24,27)6)13-20(42-28(25)38)19-9-8-12-33-15-19/h8-9,12-13,15,22-24,26-27,37H,7,10-11,14,16H2,1-6H3,(H,34,39)/t22?,23-,24-,26-,27?,30-,31-,32+/m0/s1. The summed E-state index contributed by atoms with van der Waals surface area (Å²) in [6, 6.07) is 5.00. The molecule has 238 valence electrons. The Morgan fingerprint density at radius 3 is 2.52 bits per heavy atom. The van der Waals surface area contributed by atoms with E-state index in [1.54, 1.807) is 44.4 Å². The highest BCUT2D eigenvalue weighted by atomic mass is 16.6. The molecule has 2 aliphatic carbocycles. The van der Waals surface area contributed by atoms with Crippen molar-refractivity contribution in [3.63, 3.8) is 0 Å². The fourth-order valence-electron chi connectivity index (χ4n) is 8.15. The number of rotatable bonds is 6. The Bertz CT molecular complexity index is 1490. The Hall–Kier alpha value is -3.93. The van der Waals surface area contributed by atoms with Crippen molar-refractivity contribution in [2.75, 3.05) is 13.2 Å². The number of aliphatic hydroxyl groups excluding tert-OH is 1. The Morgan fingerprint density at radius 1 is 1.14 bits per heavy atom. The lowest BCUT2D eigenvalue weighted by atomic mass is 9.42. The van der Waals surface area contributed by atoms with E-state index in [2.05, 4.69) is 10.3 Å². The lowest BCUT2D eigenvalue weighted by Gasteiger charge is -2.66. The number of ether oxygens (including phenoxy) is 4. The van der Waals surface area contributed by atoms with Crippen molar-refractivity contribution >= 4 is 18.0 Å². The summed E-state index contributed by atoms with van der Waals surface area (Å²) >= 11 is 0. The summed E-state index contributed by atoms with van der Waals surface area (Å²) in [4.78, 5) is 54.7. The van der Waals surface area contributed by atoms with Crippen LogP contribution in [0.1, 0.15) is 72.5 Å². The molecule has 0 radical (unpaired) electrons. The Morgan fingerprint density at radius 2 is 1.89 bits per heavy atom. The van der Waals surface area contributed by atoms with Crippen molar-refractivity contribution in [2.24, 2.45) is 22.7 Å². The molecule has 1 aliphatic heterocycles. The topological polar surface area (TPSA) is 163 Å². The normalized spacial score (nSPS) is 33.8. The molecule has 0 spiro atoms. The van der Waals surface area contributed by atoms with E-state index in [4.69, 9.17) is 23.4 Å². The van der Waals surface area contributed by atoms with E-state index in [-0.39, 0.29) is 30.1 Å². The highest BCUT2D eigenvalue weighted by Gasteiger charge is 2.71. The SMILES string of the molecule is CCNC(=O)O[C@H]1CC2[C@](C)(CC[C@H](OC(C)=O)[C@@]2(C)COC(C)=O)C2[C@@H](O)c3c(cc(-c4cccnc4)oc3=O)O[C@@]21C. The van der Waals surface area contributed by atoms with Gasteiger partial charge in [0, 0.05) is 55.7 Å². The first-order valence-electron chi connectivity index (χ1n) is 14.9. The van der Waals surface area contributed by atoms with Crippen molar-refractivity contribution < 1.29 is 42.9 Å². The quantitative estimate of drug-likeness (QED) is 0.359. The van der Waals surface area contributed by atoms with E-state index in [1.165, 1.54) is 13.8 Å². The van der Waals surface area contributed by atoms with Gasteiger partial charge in [0.05, 0.1) is 6.10 Å². The summed E-state index contributed by atoms with van der Waals surface area (Å²) < 4.78 is 29.7. The van der Waals surface area contributed by atoms with Crippen molar-refractivity contribution in [3.8, 4) is 17.1 Å². The number of aliphatic hydroxyl groups is 1. The van der Waals surface area contributed by atoms with Gasteiger partial charge in [-0.25, -0.2) is 9.59 Å². The molecule has 0 aromatic carbocycles. The number of esters is 2. The first kappa shape index (κ1) is 31.5. The van der Waals surface area contributed by atoms with Crippen LogP contribution in [0.25, 0.3) is 11.3 Å². The van der Waals surface area contributed by atoms with Crippen LogP contribution < -0.4 is 15.7 Å². The first-order valence-corrected chi connectivity index (χ1v) is 14.9. The average molecular weight is 613 g/mol. The number of amides is 1. The number of pyridine rings is 1. The summed E-state index contributed by atoms with van der Waals surface area (Å²) in [6.07, 6.45) is 0.722. The van der Waals surface area contributed by atoms with E-state index >= 15 is 0 Å². The molecule has 12 nitrogen and oxygen atoms in total. The lowest BCUT2D eigenvalue weighted by molar-refractivity contribution is -0.266. The van der Waals surface area contributed by atoms with Crippen LogP contribution >= 0.6 is 0 Å². The van der Waals surface area contributed by atoms with Gasteiger partial charge in [0.15, 0.2) is 0 Å². The van der Waals surface area contributed by atoms with Gasteiger partial charge in [0.1, 0.15) is 41.5 Å². The van der Waals surface area contributed by atoms with Crippen molar-refractivity contribution in [1.29, 1.82) is 0 Å². The zero-order chi connectivity index (χ0) is 32.0. The monoisotopic (exact) mass is 612 g/mol. The minimum absolute atomic E-state index is 0.0254. The van der Waals surface area contributed by atoms with Gasteiger partial charge in [-0.05, 0) is 56.6 Å². The number of nitrogens with one attached hydrogen (secondary N) is 1. The minimum atomic E-state index is -1.36. The molecule has 0 bridgehead atoms. The minimum Gasteiger partial charge on any atom is -0.482 e. The second-order valence-electron chi connectivity index (χ2n) is 12.8. The molecule has 8 atom stereocenters. The molecule has 12 heteroatoms. The van der Waals surface area contributed by atoms with Crippen LogP contribution in [-0.2, 0) is 23.8 Å². The predicted molar refractivity (Wildman–Crippen MR) is 155 cm³/mol. The molecule has 1 amide bonds. The number of hydrogen-bond donors (Lipinski definition) is 2. The third kappa shape index (κ3) is 5.22. The number of alkyl carbamates (subject to hydrolysis) is 1. The molecule has 2 saturated carbocycles. The van der Waals surface area contributed by atoms with Gasteiger partial charge in [-0.1, -0.05) is 13.8 Å². The number of carbonyl (C=O) groups is 3. The van der Waals surface area contributed by atoms with Crippen molar-refractivity contribution in [3.05, 3.63) is 46.6 Å². The molecular weight excluding hydrogens is 572 g/mol. The lowest BCUT2D eigenvalue weighted by Crippen LogP contribution is -2.71. The molecule has 44 heavy (non-hydrogen) atoms. The maximum atomic E-state index is 13.5. The van der Waals surface area contributed by atoms with E-state index in [0.29, 0.717) is 24.9 Å². The molecule has 5 rings (SSSR count). The smallest absolute Gasteiger partial charge is 0.407 e. The predicted octanol–water partition coefficient (Wildman–Crippen LogP) is 3.94. The number of nitrogens with zero attached hydrogens (tertiary/aromatic N) is 1. The van der Waals surface area contributed by atoms with Gasteiger partial charge < -0.3 is 33.8 Å². The summed E-state index contributed by atoms with van der Waals surface area (Å²) in [6.45, 7) is 10.3. The maximum absolute atomic E-state index is 13.5. The van der Waals surface area contributed by atoms with Gasteiger partial charge in [-0.2, -0.15) is 0 Å².